The molecule has 4 rings (SSSR count). The van der Waals surface area contributed by atoms with Crippen LogP contribution in [0.3, 0.4) is 0 Å². The number of hydrogen-bond donors (Lipinski definition) is 0. The fourth-order valence-corrected chi connectivity index (χ4v) is 3.32. The van der Waals surface area contributed by atoms with Gasteiger partial charge in [0.05, 0.1) is 16.1 Å². The first-order valence-electron chi connectivity index (χ1n) is 8.20. The molecule has 4 aromatic rings. The first-order chi connectivity index (χ1) is 12.6. The summed E-state index contributed by atoms with van der Waals surface area (Å²) in [6.45, 7) is 2.06. The number of benzene rings is 3. The predicted octanol–water partition coefficient (Wildman–Crippen LogP) is 7.06. The normalized spacial score (nSPS) is 11.9. The molecule has 26 heavy (non-hydrogen) atoms. The van der Waals surface area contributed by atoms with E-state index in [9.17, 15) is 0 Å². The summed E-state index contributed by atoms with van der Waals surface area (Å²) >= 11 is 9.83. The molecule has 0 spiro atoms. The molecular weight excluding hydrogens is 410 g/mol. The molecule has 0 aliphatic carbocycles. The molecule has 0 atom stereocenters. The molecule has 0 saturated heterocycles. The highest BCUT2D eigenvalue weighted by Crippen LogP contribution is 2.29. The van der Waals surface area contributed by atoms with Gasteiger partial charge in [0.25, 0.3) is 0 Å². The number of fused-ring (bicyclic) bond motifs is 1. The molecule has 0 unspecified atom stereocenters. The maximum absolute atomic E-state index is 6.37. The van der Waals surface area contributed by atoms with Crippen LogP contribution in [0.5, 0.6) is 0 Å². The Balaban J connectivity index is 2.02. The maximum atomic E-state index is 6.37. The van der Waals surface area contributed by atoms with Gasteiger partial charge in [-0.25, -0.2) is 4.99 Å². The van der Waals surface area contributed by atoms with Crippen molar-refractivity contribution in [1.29, 1.82) is 0 Å². The lowest BCUT2D eigenvalue weighted by Crippen LogP contribution is -2.03. The molecule has 0 aliphatic heterocycles. The summed E-state index contributed by atoms with van der Waals surface area (Å²) < 4.78 is 7.15. The Kier molecular flexibility index (Phi) is 4.66. The van der Waals surface area contributed by atoms with Crippen molar-refractivity contribution in [1.82, 2.24) is 0 Å². The summed E-state index contributed by atoms with van der Waals surface area (Å²) in [4.78, 5) is 4.84. The molecule has 2 nitrogen and oxygen atoms in total. The summed E-state index contributed by atoms with van der Waals surface area (Å²) in [5.74, 6) is 0.697. The van der Waals surface area contributed by atoms with Gasteiger partial charge in [0.15, 0.2) is 0 Å². The molecule has 0 amide bonds. The highest BCUT2D eigenvalue weighted by Gasteiger charge is 2.09. The smallest absolute Gasteiger partial charge is 0.138 e. The molecule has 0 bridgehead atoms. The Hall–Kier alpha value is -2.36. The van der Waals surface area contributed by atoms with E-state index in [4.69, 9.17) is 21.0 Å². The first kappa shape index (κ1) is 17.1. The zero-order chi connectivity index (χ0) is 18.1. The van der Waals surface area contributed by atoms with E-state index in [2.05, 4.69) is 28.9 Å². The summed E-state index contributed by atoms with van der Waals surface area (Å²) in [7, 11) is 0. The van der Waals surface area contributed by atoms with Crippen LogP contribution < -0.4 is 5.36 Å². The highest BCUT2D eigenvalue weighted by molar-refractivity contribution is 9.10. The third kappa shape index (κ3) is 3.46. The minimum absolute atomic E-state index is 0.650. The van der Waals surface area contributed by atoms with E-state index < -0.39 is 0 Å². The van der Waals surface area contributed by atoms with Crippen molar-refractivity contribution in [2.75, 3.05) is 0 Å². The molecule has 0 saturated carbocycles. The van der Waals surface area contributed by atoms with Crippen molar-refractivity contribution in [3.63, 3.8) is 0 Å². The summed E-state index contributed by atoms with van der Waals surface area (Å²) in [6, 6.07) is 23.6. The zero-order valence-corrected chi connectivity index (χ0v) is 16.4. The molecule has 0 N–H and O–H groups in total. The van der Waals surface area contributed by atoms with Crippen molar-refractivity contribution in [2.45, 2.75) is 6.92 Å². The van der Waals surface area contributed by atoms with Crippen LogP contribution in [-0.2, 0) is 0 Å². The molecular formula is C22H15BrClNO. The van der Waals surface area contributed by atoms with Crippen molar-refractivity contribution >= 4 is 44.2 Å². The van der Waals surface area contributed by atoms with E-state index >= 15 is 0 Å². The second kappa shape index (κ2) is 7.10. The van der Waals surface area contributed by atoms with Crippen molar-refractivity contribution in [3.8, 4) is 11.3 Å². The van der Waals surface area contributed by atoms with Gasteiger partial charge in [-0.3, -0.25) is 0 Å². The van der Waals surface area contributed by atoms with Gasteiger partial charge in [0.1, 0.15) is 11.3 Å². The standard InChI is InChI=1S/C22H15BrClNO/c1-14-6-11-21-18(12-14)20(25-16-9-7-15(23)8-10-16)13-22(26-21)17-4-2-3-5-19(17)24/h2-13H,1H3. The Labute approximate surface area is 164 Å². The van der Waals surface area contributed by atoms with E-state index in [0.29, 0.717) is 10.8 Å². The first-order valence-corrected chi connectivity index (χ1v) is 9.37. The van der Waals surface area contributed by atoms with Crippen LogP contribution in [0.2, 0.25) is 5.02 Å². The lowest BCUT2D eigenvalue weighted by molar-refractivity contribution is 0.618. The van der Waals surface area contributed by atoms with Crippen LogP contribution in [0.25, 0.3) is 22.3 Å². The fraction of sp³-hybridized carbons (Fsp3) is 0.0455. The summed E-state index contributed by atoms with van der Waals surface area (Å²) in [6.07, 6.45) is 0. The average Bonchev–Trinajstić information content (AvgIpc) is 2.64. The number of hydrogen-bond acceptors (Lipinski definition) is 2. The van der Waals surface area contributed by atoms with Gasteiger partial charge in [0.2, 0.25) is 0 Å². The molecule has 0 aliphatic rings. The molecule has 3 aromatic carbocycles. The highest BCUT2D eigenvalue weighted by atomic mass is 79.9. The van der Waals surface area contributed by atoms with Crippen LogP contribution in [0.1, 0.15) is 5.56 Å². The van der Waals surface area contributed by atoms with Gasteiger partial charge in [0, 0.05) is 21.5 Å². The number of rotatable bonds is 2. The Morgan fingerprint density at radius 3 is 2.46 bits per heavy atom. The van der Waals surface area contributed by atoms with Crippen LogP contribution in [-0.4, -0.2) is 0 Å². The molecule has 0 fully saturated rings. The second-order valence-electron chi connectivity index (χ2n) is 6.06. The third-order valence-corrected chi connectivity index (χ3v) is 4.97. The molecule has 0 radical (unpaired) electrons. The van der Waals surface area contributed by atoms with E-state index in [0.717, 1.165) is 37.6 Å². The Morgan fingerprint density at radius 2 is 1.69 bits per heavy atom. The largest absolute Gasteiger partial charge is 0.456 e. The maximum Gasteiger partial charge on any atom is 0.138 e. The van der Waals surface area contributed by atoms with E-state index in [1.54, 1.807) is 0 Å². The molecule has 1 aromatic heterocycles. The number of halogens is 2. The second-order valence-corrected chi connectivity index (χ2v) is 7.39. The van der Waals surface area contributed by atoms with E-state index in [-0.39, 0.29) is 0 Å². The summed E-state index contributed by atoms with van der Waals surface area (Å²) in [5.41, 5.74) is 3.67. The summed E-state index contributed by atoms with van der Waals surface area (Å²) in [5, 5.41) is 2.48. The molecule has 1 heterocycles. The lowest BCUT2D eigenvalue weighted by Gasteiger charge is -2.07. The van der Waals surface area contributed by atoms with Crippen molar-refractivity contribution < 1.29 is 4.42 Å². The number of aryl methyl sites for hydroxylation is 1. The monoisotopic (exact) mass is 423 g/mol. The minimum Gasteiger partial charge on any atom is -0.456 e. The van der Waals surface area contributed by atoms with Gasteiger partial charge >= 0.3 is 0 Å². The number of nitrogens with zero attached hydrogens (tertiary/aromatic N) is 1. The van der Waals surface area contributed by atoms with Gasteiger partial charge in [-0.1, -0.05) is 51.3 Å². The van der Waals surface area contributed by atoms with Gasteiger partial charge in [-0.05, 0) is 55.5 Å². The molecule has 128 valence electrons. The minimum atomic E-state index is 0.650. The van der Waals surface area contributed by atoms with Crippen LogP contribution >= 0.6 is 27.5 Å². The zero-order valence-electron chi connectivity index (χ0n) is 14.0. The van der Waals surface area contributed by atoms with Crippen LogP contribution in [0, 0.1) is 6.92 Å². The SMILES string of the molecule is Cc1ccc2oc(-c3ccccc3Cl)cc(=Nc3ccc(Br)cc3)c2c1. The Morgan fingerprint density at radius 1 is 0.923 bits per heavy atom. The van der Waals surface area contributed by atoms with Gasteiger partial charge in [-0.15, -0.1) is 0 Å². The molecule has 4 heteroatoms. The van der Waals surface area contributed by atoms with E-state index in [1.165, 1.54) is 0 Å². The van der Waals surface area contributed by atoms with Crippen molar-refractivity contribution in [3.05, 3.63) is 93.2 Å². The predicted molar refractivity (Wildman–Crippen MR) is 111 cm³/mol. The van der Waals surface area contributed by atoms with Crippen LogP contribution in [0.15, 0.2) is 86.7 Å². The van der Waals surface area contributed by atoms with Crippen LogP contribution in [0.4, 0.5) is 5.69 Å². The van der Waals surface area contributed by atoms with Crippen molar-refractivity contribution in [2.24, 2.45) is 4.99 Å². The fourth-order valence-electron chi connectivity index (χ4n) is 2.82. The average molecular weight is 425 g/mol. The quantitative estimate of drug-likeness (QED) is 0.338. The third-order valence-electron chi connectivity index (χ3n) is 4.11. The van der Waals surface area contributed by atoms with Gasteiger partial charge in [-0.2, -0.15) is 0 Å². The lowest BCUT2D eigenvalue weighted by atomic mass is 10.1. The topological polar surface area (TPSA) is 25.5 Å². The van der Waals surface area contributed by atoms with E-state index in [1.807, 2.05) is 66.7 Å². The Bertz CT molecular complexity index is 1160. The van der Waals surface area contributed by atoms with Gasteiger partial charge < -0.3 is 4.42 Å².